The molecule has 1 aromatic carbocycles. The van der Waals surface area contributed by atoms with E-state index in [1.165, 1.54) is 19.2 Å². The first kappa shape index (κ1) is 32.8. The second-order valence-electron chi connectivity index (χ2n) is 10.7. The van der Waals surface area contributed by atoms with Crippen molar-refractivity contribution in [2.75, 3.05) is 12.3 Å². The first-order valence-electron chi connectivity index (χ1n) is 13.4. The Morgan fingerprint density at radius 1 is 1.23 bits per heavy atom. The molecule has 1 saturated heterocycles. The summed E-state index contributed by atoms with van der Waals surface area (Å²) in [5.74, 6) is -3.42. The molecule has 2 atom stereocenters. The Kier molecular flexibility index (Phi) is 9.87. The van der Waals surface area contributed by atoms with Crippen LogP contribution in [0.15, 0.2) is 39.8 Å². The van der Waals surface area contributed by atoms with E-state index in [0.717, 1.165) is 37.0 Å². The zero-order valence-corrected chi connectivity index (χ0v) is 25.4. The number of hydrogen-bond acceptors (Lipinski definition) is 13. The van der Waals surface area contributed by atoms with Crippen molar-refractivity contribution in [3.8, 4) is 5.75 Å². The number of aliphatic carboxylic acids is 1. The summed E-state index contributed by atoms with van der Waals surface area (Å²) in [5.41, 5.74) is 10.8. The number of carbonyl (C=O) groups excluding carboxylic acids is 2. The van der Waals surface area contributed by atoms with E-state index in [0.29, 0.717) is 22.2 Å². The van der Waals surface area contributed by atoms with E-state index < -0.39 is 64.4 Å². The molecule has 2 aromatic rings. The van der Waals surface area contributed by atoms with Crippen LogP contribution < -0.4 is 16.2 Å². The Hall–Kier alpha value is -4.13. The third kappa shape index (κ3) is 7.87. The van der Waals surface area contributed by atoms with Crippen molar-refractivity contribution in [2.45, 2.75) is 63.6 Å². The summed E-state index contributed by atoms with van der Waals surface area (Å²) in [6.07, 6.45) is 2.12. The lowest BCUT2D eigenvalue weighted by Crippen LogP contribution is -2.68. The summed E-state index contributed by atoms with van der Waals surface area (Å²) in [6, 6.07) is 6.83. The molecular weight excluding hydrogens is 620 g/mol. The van der Waals surface area contributed by atoms with Crippen LogP contribution in [0.5, 0.6) is 5.75 Å². The molecule has 238 valence electrons. The van der Waals surface area contributed by atoms with Gasteiger partial charge in [-0.05, 0) is 51.0 Å². The standard InChI is InChI=1S/C26H32N6O10S2/c1-26(2)17(23(34)32(26)42-44(37,38)39)11-19(33)21(18-13-43-25(28)30-18)31-41-20(24(35)36)12-40-16-9-7-14(8-10-16)22(27)29-15-5-3-4-6-15/h7-10,13,15,17,20H,3-6,11-12H2,1-2H3,(H2,27,29)(H2,28,30)(H,35,36)(H,37,38,39)/b31-21-/t17-,20+/m1/s1. The van der Waals surface area contributed by atoms with Gasteiger partial charge in [0.15, 0.2) is 16.6 Å². The molecule has 2 fully saturated rings. The number of nitrogen functional groups attached to an aromatic ring is 1. The first-order chi connectivity index (χ1) is 20.7. The maximum atomic E-state index is 13.3. The van der Waals surface area contributed by atoms with E-state index >= 15 is 0 Å². The number of thiazole rings is 1. The van der Waals surface area contributed by atoms with E-state index in [-0.39, 0.29) is 16.9 Å². The zero-order chi connectivity index (χ0) is 32.2. The van der Waals surface area contributed by atoms with Gasteiger partial charge < -0.3 is 26.1 Å². The summed E-state index contributed by atoms with van der Waals surface area (Å²) >= 11 is 0.986. The van der Waals surface area contributed by atoms with Crippen LogP contribution >= 0.6 is 11.3 Å². The number of amides is 1. The van der Waals surface area contributed by atoms with Crippen LogP contribution in [0.1, 0.15) is 57.2 Å². The number of β-lactam (4-membered cyclic amide) rings is 1. The predicted molar refractivity (Wildman–Crippen MR) is 157 cm³/mol. The summed E-state index contributed by atoms with van der Waals surface area (Å²) in [6.45, 7) is 2.36. The van der Waals surface area contributed by atoms with Gasteiger partial charge in [0.1, 0.15) is 23.9 Å². The zero-order valence-electron chi connectivity index (χ0n) is 23.8. The van der Waals surface area contributed by atoms with Crippen LogP contribution in [-0.2, 0) is 33.9 Å². The van der Waals surface area contributed by atoms with Gasteiger partial charge in [-0.2, -0.15) is 13.5 Å². The van der Waals surface area contributed by atoms with E-state index in [9.17, 15) is 27.9 Å². The molecular formula is C26H32N6O10S2. The highest BCUT2D eigenvalue weighted by Crippen LogP contribution is 2.40. The number of ketones is 1. The molecule has 0 radical (unpaired) electrons. The summed E-state index contributed by atoms with van der Waals surface area (Å²) in [7, 11) is -4.98. The van der Waals surface area contributed by atoms with E-state index in [1.54, 1.807) is 24.3 Å². The number of ether oxygens (including phenoxy) is 1. The molecule has 1 aliphatic carbocycles. The molecule has 1 aliphatic heterocycles. The Morgan fingerprint density at radius 3 is 2.43 bits per heavy atom. The van der Waals surface area contributed by atoms with Gasteiger partial charge in [-0.1, -0.05) is 18.0 Å². The Balaban J connectivity index is 1.44. The normalized spacial score (nSPS) is 19.8. The molecule has 0 unspecified atom stereocenters. The SMILES string of the molecule is CC1(C)[C@H](CC(=O)/C(=N\O[C@@H](COc2ccc(C(N)=NC3CCCC3)cc2)C(=O)O)c2csc(N)n2)C(=O)N1OS(=O)(=O)O. The molecule has 2 heterocycles. The van der Waals surface area contributed by atoms with Gasteiger partial charge in [-0.25, -0.2) is 9.78 Å². The minimum Gasteiger partial charge on any atom is -0.489 e. The molecule has 0 bridgehead atoms. The monoisotopic (exact) mass is 652 g/mol. The van der Waals surface area contributed by atoms with E-state index in [2.05, 4.69) is 19.4 Å². The van der Waals surface area contributed by atoms with Crippen LogP contribution in [-0.4, -0.2) is 81.6 Å². The van der Waals surface area contributed by atoms with Crippen LogP contribution in [0.4, 0.5) is 5.13 Å². The molecule has 1 amide bonds. The molecule has 2 aliphatic rings. The number of benzene rings is 1. The molecule has 16 nitrogen and oxygen atoms in total. The van der Waals surface area contributed by atoms with Crippen LogP contribution in [0.2, 0.25) is 0 Å². The molecule has 0 spiro atoms. The Morgan fingerprint density at radius 2 is 1.89 bits per heavy atom. The first-order valence-corrected chi connectivity index (χ1v) is 15.7. The average Bonchev–Trinajstić information content (AvgIpc) is 3.63. The fourth-order valence-electron chi connectivity index (χ4n) is 4.75. The van der Waals surface area contributed by atoms with Crippen LogP contribution in [0.25, 0.3) is 0 Å². The topological polar surface area (TPSA) is 246 Å². The smallest absolute Gasteiger partial charge is 0.418 e. The maximum Gasteiger partial charge on any atom is 0.418 e. The number of aromatic nitrogens is 1. The number of nitrogens with two attached hydrogens (primary N) is 2. The number of amidine groups is 1. The van der Waals surface area contributed by atoms with Crippen molar-refractivity contribution in [2.24, 2.45) is 21.8 Å². The molecule has 4 rings (SSSR count). The molecule has 18 heteroatoms. The molecule has 1 aromatic heterocycles. The van der Waals surface area contributed by atoms with Gasteiger partial charge in [0.25, 0.3) is 12.0 Å². The van der Waals surface area contributed by atoms with Crippen molar-refractivity contribution in [1.29, 1.82) is 0 Å². The summed E-state index contributed by atoms with van der Waals surface area (Å²) in [4.78, 5) is 51.5. The third-order valence-corrected chi connectivity index (χ3v) is 8.22. The van der Waals surface area contributed by atoms with Crippen molar-refractivity contribution in [1.82, 2.24) is 10.0 Å². The third-order valence-electron chi connectivity index (χ3n) is 7.21. The summed E-state index contributed by atoms with van der Waals surface area (Å²) in [5, 5.41) is 15.4. The van der Waals surface area contributed by atoms with Gasteiger partial charge in [0.05, 0.1) is 17.5 Å². The van der Waals surface area contributed by atoms with Gasteiger partial charge in [0, 0.05) is 17.4 Å². The van der Waals surface area contributed by atoms with Crippen molar-refractivity contribution < 1.29 is 46.3 Å². The van der Waals surface area contributed by atoms with Crippen molar-refractivity contribution in [3.63, 3.8) is 0 Å². The number of carboxylic acids is 1. The number of hydrogen-bond donors (Lipinski definition) is 4. The minimum absolute atomic E-state index is 0.0226. The largest absolute Gasteiger partial charge is 0.489 e. The molecule has 44 heavy (non-hydrogen) atoms. The maximum absolute atomic E-state index is 13.3. The lowest BCUT2D eigenvalue weighted by Gasteiger charge is -2.50. The lowest BCUT2D eigenvalue weighted by atomic mass is 9.74. The number of Topliss-reactive ketones (excluding diaryl/α,β-unsaturated/α-hetero) is 1. The minimum atomic E-state index is -4.98. The Labute approximate surface area is 256 Å². The lowest BCUT2D eigenvalue weighted by molar-refractivity contribution is -0.228. The second kappa shape index (κ2) is 13.2. The highest BCUT2D eigenvalue weighted by molar-refractivity contribution is 7.80. The quantitative estimate of drug-likeness (QED) is 0.0745. The highest BCUT2D eigenvalue weighted by Gasteiger charge is 2.57. The second-order valence-corrected chi connectivity index (χ2v) is 12.6. The molecule has 1 saturated carbocycles. The fourth-order valence-corrected chi connectivity index (χ4v) is 5.75. The number of hydroxylamine groups is 2. The number of nitrogens with zero attached hydrogens (tertiary/aromatic N) is 4. The van der Waals surface area contributed by atoms with E-state index in [1.807, 2.05) is 0 Å². The van der Waals surface area contributed by atoms with E-state index in [4.69, 9.17) is 25.6 Å². The number of aliphatic imine (C=N–C) groups is 1. The highest BCUT2D eigenvalue weighted by atomic mass is 32.3. The van der Waals surface area contributed by atoms with Crippen molar-refractivity contribution in [3.05, 3.63) is 40.9 Å². The summed E-state index contributed by atoms with van der Waals surface area (Å²) < 4.78 is 41.0. The molecule has 6 N–H and O–H groups in total. The average molecular weight is 653 g/mol. The van der Waals surface area contributed by atoms with Gasteiger partial charge >= 0.3 is 16.4 Å². The van der Waals surface area contributed by atoms with Crippen LogP contribution in [0, 0.1) is 5.92 Å². The number of rotatable bonds is 14. The van der Waals surface area contributed by atoms with Crippen molar-refractivity contribution >= 4 is 56.1 Å². The fraction of sp³-hybridized carbons (Fsp3) is 0.462. The van der Waals surface area contributed by atoms with Gasteiger partial charge in [0.2, 0.25) is 0 Å². The number of anilines is 1. The Bertz CT molecular complexity index is 1570. The predicted octanol–water partition coefficient (Wildman–Crippen LogP) is 1.56. The number of carbonyl (C=O) groups is 3. The number of carboxylic acid groups (broad SMARTS) is 1. The van der Waals surface area contributed by atoms with Crippen LogP contribution in [0.3, 0.4) is 0 Å². The number of oxime groups is 1. The van der Waals surface area contributed by atoms with Gasteiger partial charge in [-0.15, -0.1) is 15.6 Å². The van der Waals surface area contributed by atoms with Gasteiger partial charge in [-0.3, -0.25) is 19.1 Å².